The molecule has 0 saturated heterocycles. The number of phenols is 1. The first-order valence-electron chi connectivity index (χ1n) is 9.36. The topological polar surface area (TPSA) is 29.5 Å². The maximum atomic E-state index is 14.6. The Hall–Kier alpha value is -2.43. The summed E-state index contributed by atoms with van der Waals surface area (Å²) in [6.45, 7) is 2.34. The van der Waals surface area contributed by atoms with Crippen LogP contribution in [0.25, 0.3) is 16.7 Å². The molecule has 0 atom stereocenters. The Morgan fingerprint density at radius 2 is 1.67 bits per heavy atom. The van der Waals surface area contributed by atoms with E-state index in [2.05, 4.69) is 0 Å². The molecule has 3 rings (SSSR count). The highest BCUT2D eigenvalue weighted by Gasteiger charge is 2.22. The fourth-order valence-electron chi connectivity index (χ4n) is 3.33. The molecule has 2 nitrogen and oxygen atoms in total. The van der Waals surface area contributed by atoms with Gasteiger partial charge in [-0.15, -0.1) is 0 Å². The molecule has 1 N–H and O–H groups in total. The number of ether oxygens (including phenoxy) is 1. The largest absolute Gasteiger partial charge is 0.504 e. The third-order valence-electron chi connectivity index (χ3n) is 4.85. The summed E-state index contributed by atoms with van der Waals surface area (Å²) in [4.78, 5) is 0. The Morgan fingerprint density at radius 1 is 0.926 bits per heavy atom. The number of hydrogen-bond donors (Lipinski definition) is 1. The van der Waals surface area contributed by atoms with E-state index < -0.39 is 23.2 Å². The molecule has 2 aromatic carbocycles. The molecule has 0 radical (unpaired) electrons. The Bertz CT molecular complexity index is 859. The van der Waals surface area contributed by atoms with Crippen LogP contribution >= 0.6 is 0 Å². The fourth-order valence-corrected chi connectivity index (χ4v) is 3.33. The van der Waals surface area contributed by atoms with Gasteiger partial charge in [-0.25, -0.2) is 8.78 Å². The summed E-state index contributed by atoms with van der Waals surface area (Å²) >= 11 is 0. The monoisotopic (exact) mass is 376 g/mol. The smallest absolute Gasteiger partial charge is 0.201 e. The molecule has 0 fully saturated rings. The number of aromatic hydroxyl groups is 1. The van der Waals surface area contributed by atoms with E-state index in [1.54, 1.807) is 0 Å². The van der Waals surface area contributed by atoms with Gasteiger partial charge in [-0.2, -0.15) is 4.39 Å². The minimum Gasteiger partial charge on any atom is -0.504 e. The number of hydrogen-bond acceptors (Lipinski definition) is 2. The average Bonchev–Trinajstić information content (AvgIpc) is 3.19. The van der Waals surface area contributed by atoms with Crippen molar-refractivity contribution in [2.75, 3.05) is 6.61 Å². The van der Waals surface area contributed by atoms with Crippen LogP contribution in [-0.2, 0) is 0 Å². The lowest BCUT2D eigenvalue weighted by Crippen LogP contribution is -2.02. The van der Waals surface area contributed by atoms with Crippen LogP contribution in [0.4, 0.5) is 13.2 Å². The normalized spacial score (nSPS) is 13.7. The number of halogens is 3. The first-order valence-corrected chi connectivity index (χ1v) is 9.36. The highest BCUT2D eigenvalue weighted by molar-refractivity contribution is 5.77. The van der Waals surface area contributed by atoms with Crippen molar-refractivity contribution < 1.29 is 23.0 Å². The van der Waals surface area contributed by atoms with Crippen LogP contribution in [0.15, 0.2) is 30.3 Å². The highest BCUT2D eigenvalue weighted by Crippen LogP contribution is 2.40. The van der Waals surface area contributed by atoms with Crippen LogP contribution in [0.5, 0.6) is 11.5 Å². The van der Waals surface area contributed by atoms with E-state index in [9.17, 15) is 18.3 Å². The molecule has 0 unspecified atom stereocenters. The lowest BCUT2D eigenvalue weighted by Gasteiger charge is -2.13. The molecule has 0 spiro atoms. The molecule has 1 aliphatic carbocycles. The van der Waals surface area contributed by atoms with Gasteiger partial charge in [0.25, 0.3) is 0 Å². The van der Waals surface area contributed by atoms with Crippen molar-refractivity contribution in [1.29, 1.82) is 0 Å². The zero-order valence-electron chi connectivity index (χ0n) is 15.3. The van der Waals surface area contributed by atoms with E-state index in [1.165, 1.54) is 24.3 Å². The molecule has 0 bridgehead atoms. The van der Waals surface area contributed by atoms with Crippen molar-refractivity contribution in [3.05, 3.63) is 53.4 Å². The Balaban J connectivity index is 1.90. The zero-order valence-corrected chi connectivity index (χ0v) is 15.3. The molecule has 0 saturated carbocycles. The second kappa shape index (κ2) is 8.51. The molecule has 5 heteroatoms. The minimum absolute atomic E-state index is 0.0798. The van der Waals surface area contributed by atoms with Crippen LogP contribution in [0.2, 0.25) is 0 Å². The van der Waals surface area contributed by atoms with Crippen LogP contribution in [-0.4, -0.2) is 11.7 Å². The van der Waals surface area contributed by atoms with E-state index in [-0.39, 0.29) is 16.9 Å². The van der Waals surface area contributed by atoms with Gasteiger partial charge in [0.1, 0.15) is 0 Å². The van der Waals surface area contributed by atoms with E-state index in [0.29, 0.717) is 12.2 Å². The van der Waals surface area contributed by atoms with Crippen molar-refractivity contribution in [1.82, 2.24) is 0 Å². The molecular formula is C22H23F3O2. The molecule has 27 heavy (non-hydrogen) atoms. The van der Waals surface area contributed by atoms with Gasteiger partial charge < -0.3 is 9.84 Å². The predicted molar refractivity (Wildman–Crippen MR) is 100 cm³/mol. The first-order chi connectivity index (χ1) is 13.0. The predicted octanol–water partition coefficient (Wildman–Crippen LogP) is 6.61. The van der Waals surface area contributed by atoms with Gasteiger partial charge in [-0.05, 0) is 49.5 Å². The average molecular weight is 376 g/mol. The summed E-state index contributed by atoms with van der Waals surface area (Å²) in [6.07, 6.45) is 7.18. The highest BCUT2D eigenvalue weighted by atomic mass is 19.2. The molecule has 0 heterocycles. The first kappa shape index (κ1) is 19.3. The Labute approximate surface area is 157 Å². The van der Waals surface area contributed by atoms with Crippen molar-refractivity contribution in [2.45, 2.75) is 45.4 Å². The van der Waals surface area contributed by atoms with Gasteiger partial charge in [-0.3, -0.25) is 0 Å². The van der Waals surface area contributed by atoms with E-state index >= 15 is 0 Å². The summed E-state index contributed by atoms with van der Waals surface area (Å²) in [7, 11) is 0. The molecule has 0 amide bonds. The molecular weight excluding hydrogens is 353 g/mol. The molecule has 2 aromatic rings. The van der Waals surface area contributed by atoms with Gasteiger partial charge >= 0.3 is 0 Å². The van der Waals surface area contributed by atoms with E-state index in [4.69, 9.17) is 4.74 Å². The molecule has 0 aromatic heterocycles. The third-order valence-corrected chi connectivity index (χ3v) is 4.85. The van der Waals surface area contributed by atoms with Crippen LogP contribution < -0.4 is 4.74 Å². The third kappa shape index (κ3) is 3.97. The van der Waals surface area contributed by atoms with Gasteiger partial charge in [-0.1, -0.05) is 31.9 Å². The van der Waals surface area contributed by atoms with E-state index in [0.717, 1.165) is 44.1 Å². The number of phenolic OH excluding ortho intramolecular Hbond substituents is 1. The Kier molecular flexibility index (Phi) is 6.09. The lowest BCUT2D eigenvalue weighted by molar-refractivity contribution is 0.286. The lowest BCUT2D eigenvalue weighted by atomic mass is 9.97. The second-order valence-electron chi connectivity index (χ2n) is 6.74. The van der Waals surface area contributed by atoms with Crippen molar-refractivity contribution in [3.63, 3.8) is 0 Å². The fraction of sp³-hybridized carbons (Fsp3) is 0.364. The van der Waals surface area contributed by atoms with Gasteiger partial charge in [0.15, 0.2) is 23.1 Å². The minimum atomic E-state index is -1.16. The quantitative estimate of drug-likeness (QED) is 0.551. The Morgan fingerprint density at radius 3 is 2.37 bits per heavy atom. The summed E-state index contributed by atoms with van der Waals surface area (Å²) < 4.78 is 48.8. The maximum Gasteiger partial charge on any atom is 0.201 e. The number of unbranched alkanes of at least 4 members (excludes halogenated alkanes) is 2. The molecule has 0 aliphatic heterocycles. The summed E-state index contributed by atoms with van der Waals surface area (Å²) in [5.74, 6) is -3.95. The van der Waals surface area contributed by atoms with Crippen molar-refractivity contribution in [2.24, 2.45) is 0 Å². The summed E-state index contributed by atoms with van der Waals surface area (Å²) in [5, 5.41) is 10.3. The SMILES string of the molecule is CCCCCOc1ccc(-c2ccc(C3=CCCC3)c(F)c2O)c(F)c1F. The standard InChI is InChI=1S/C22H23F3O2/c1-2-3-6-13-27-18-12-11-16(19(23)21(18)25)17-10-9-15(20(24)22(17)26)14-7-4-5-8-14/h7,9-12,26H,2-6,8,13H2,1H3. The summed E-state index contributed by atoms with van der Waals surface area (Å²) in [5.41, 5.74) is 0.864. The summed E-state index contributed by atoms with van der Waals surface area (Å²) in [6, 6.07) is 5.54. The number of benzene rings is 2. The van der Waals surface area contributed by atoms with Crippen LogP contribution in [0.1, 0.15) is 51.0 Å². The van der Waals surface area contributed by atoms with Gasteiger partial charge in [0.2, 0.25) is 5.82 Å². The van der Waals surface area contributed by atoms with Crippen molar-refractivity contribution >= 4 is 5.57 Å². The van der Waals surface area contributed by atoms with Crippen molar-refractivity contribution in [3.8, 4) is 22.6 Å². The molecule has 144 valence electrons. The van der Waals surface area contributed by atoms with Crippen LogP contribution in [0, 0.1) is 17.5 Å². The second-order valence-corrected chi connectivity index (χ2v) is 6.74. The maximum absolute atomic E-state index is 14.6. The number of rotatable bonds is 7. The molecule has 1 aliphatic rings. The van der Waals surface area contributed by atoms with Gasteiger partial charge in [0.05, 0.1) is 6.61 Å². The zero-order chi connectivity index (χ0) is 19.4. The van der Waals surface area contributed by atoms with Crippen LogP contribution in [0.3, 0.4) is 0 Å². The number of allylic oxidation sites excluding steroid dienone is 2. The van der Waals surface area contributed by atoms with E-state index in [1.807, 2.05) is 13.0 Å². The van der Waals surface area contributed by atoms with Gasteiger partial charge in [0, 0.05) is 16.7 Å².